The van der Waals surface area contributed by atoms with Crippen LogP contribution in [0.1, 0.15) is 22.4 Å². The Bertz CT molecular complexity index is 895. The molecule has 0 atom stereocenters. The topological polar surface area (TPSA) is 59.1 Å². The Morgan fingerprint density at radius 3 is 2.41 bits per heavy atom. The van der Waals surface area contributed by atoms with Gasteiger partial charge in [-0.25, -0.2) is 4.98 Å². The summed E-state index contributed by atoms with van der Waals surface area (Å²) in [6.07, 6.45) is 0.841. The third-order valence-corrected chi connectivity index (χ3v) is 4.45. The molecule has 1 heterocycles. The minimum Gasteiger partial charge on any atom is -0.496 e. The van der Waals surface area contributed by atoms with Gasteiger partial charge in [0.15, 0.2) is 0 Å². The molecule has 0 bridgehead atoms. The van der Waals surface area contributed by atoms with E-state index in [1.807, 2.05) is 31.2 Å². The molecule has 0 amide bonds. The second kappa shape index (κ2) is 9.03. The predicted molar refractivity (Wildman–Crippen MR) is 110 cm³/mol. The molecule has 3 aromatic rings. The Morgan fingerprint density at radius 2 is 1.63 bits per heavy atom. The van der Waals surface area contributed by atoms with Crippen LogP contribution >= 0.6 is 0 Å². The van der Waals surface area contributed by atoms with Crippen LogP contribution in [-0.2, 0) is 13.0 Å². The molecule has 0 spiro atoms. The number of nitrogens with zero attached hydrogens (tertiary/aromatic N) is 2. The number of aromatic nitrogens is 2. The Labute approximate surface area is 160 Å². The fourth-order valence-electron chi connectivity index (χ4n) is 2.95. The van der Waals surface area contributed by atoms with Crippen molar-refractivity contribution >= 4 is 11.8 Å². The van der Waals surface area contributed by atoms with Gasteiger partial charge in [0.2, 0.25) is 5.95 Å². The van der Waals surface area contributed by atoms with E-state index in [2.05, 4.69) is 57.9 Å². The summed E-state index contributed by atoms with van der Waals surface area (Å²) in [6.45, 7) is 5.57. The first-order chi connectivity index (χ1) is 13.2. The lowest BCUT2D eigenvalue weighted by Gasteiger charge is -2.12. The van der Waals surface area contributed by atoms with E-state index in [1.165, 1.54) is 11.1 Å². The Morgan fingerprint density at radius 1 is 0.889 bits per heavy atom. The molecule has 0 unspecified atom stereocenters. The lowest BCUT2D eigenvalue weighted by atomic mass is 10.1. The van der Waals surface area contributed by atoms with Crippen molar-refractivity contribution in [2.75, 3.05) is 24.3 Å². The van der Waals surface area contributed by atoms with Crippen LogP contribution in [-0.4, -0.2) is 23.6 Å². The molecule has 2 aromatic carbocycles. The fourth-order valence-corrected chi connectivity index (χ4v) is 2.95. The zero-order chi connectivity index (χ0) is 19.1. The first kappa shape index (κ1) is 18.7. The van der Waals surface area contributed by atoms with E-state index < -0.39 is 0 Å². The molecular weight excluding hydrogens is 336 g/mol. The smallest absolute Gasteiger partial charge is 0.224 e. The monoisotopic (exact) mass is 362 g/mol. The number of hydrogen-bond donors (Lipinski definition) is 2. The minimum atomic E-state index is 0.636. The van der Waals surface area contributed by atoms with Gasteiger partial charge < -0.3 is 15.4 Å². The molecular formula is C22H26N4O. The van der Waals surface area contributed by atoms with Crippen molar-refractivity contribution in [3.05, 3.63) is 77.0 Å². The average Bonchev–Trinajstić information content (AvgIpc) is 2.67. The number of nitrogens with one attached hydrogen (secondary N) is 2. The third-order valence-electron chi connectivity index (χ3n) is 4.45. The quantitative estimate of drug-likeness (QED) is 0.623. The van der Waals surface area contributed by atoms with Gasteiger partial charge in [-0.3, -0.25) is 0 Å². The van der Waals surface area contributed by atoms with Gasteiger partial charge in [0, 0.05) is 24.8 Å². The highest BCUT2D eigenvalue weighted by Gasteiger charge is 2.05. The van der Waals surface area contributed by atoms with E-state index in [0.717, 1.165) is 42.3 Å². The van der Waals surface area contributed by atoms with Crippen LogP contribution in [0.3, 0.4) is 0 Å². The van der Waals surface area contributed by atoms with Gasteiger partial charge in [0.25, 0.3) is 0 Å². The number of para-hydroxylation sites is 1. The van der Waals surface area contributed by atoms with Crippen molar-refractivity contribution in [2.45, 2.75) is 26.8 Å². The molecule has 0 aliphatic carbocycles. The summed E-state index contributed by atoms with van der Waals surface area (Å²) in [5, 5.41) is 6.72. The largest absolute Gasteiger partial charge is 0.496 e. The van der Waals surface area contributed by atoms with Crippen LogP contribution in [0.15, 0.2) is 54.6 Å². The molecule has 27 heavy (non-hydrogen) atoms. The van der Waals surface area contributed by atoms with Crippen molar-refractivity contribution in [1.29, 1.82) is 0 Å². The van der Waals surface area contributed by atoms with Crippen LogP contribution in [0.4, 0.5) is 11.8 Å². The first-order valence-corrected chi connectivity index (χ1v) is 9.15. The molecule has 5 nitrogen and oxygen atoms in total. The van der Waals surface area contributed by atoms with Crippen LogP contribution in [0.25, 0.3) is 0 Å². The third kappa shape index (κ3) is 5.20. The van der Waals surface area contributed by atoms with Crippen molar-refractivity contribution in [2.24, 2.45) is 0 Å². The van der Waals surface area contributed by atoms with Gasteiger partial charge >= 0.3 is 0 Å². The summed E-state index contributed by atoms with van der Waals surface area (Å²) >= 11 is 0. The van der Waals surface area contributed by atoms with E-state index >= 15 is 0 Å². The van der Waals surface area contributed by atoms with E-state index in [4.69, 9.17) is 4.74 Å². The summed E-state index contributed by atoms with van der Waals surface area (Å²) in [6, 6.07) is 18.4. The predicted octanol–water partition coefficient (Wildman–Crippen LogP) is 4.37. The number of aryl methyl sites for hydroxylation is 2. The molecule has 2 N–H and O–H groups in total. The highest BCUT2D eigenvalue weighted by Crippen LogP contribution is 2.18. The Balaban J connectivity index is 1.60. The van der Waals surface area contributed by atoms with Crippen LogP contribution in [0.2, 0.25) is 0 Å². The normalized spacial score (nSPS) is 10.5. The van der Waals surface area contributed by atoms with Crippen molar-refractivity contribution < 1.29 is 4.74 Å². The molecule has 0 fully saturated rings. The van der Waals surface area contributed by atoms with Gasteiger partial charge in [-0.05, 0) is 43.0 Å². The average molecular weight is 362 g/mol. The minimum absolute atomic E-state index is 0.636. The van der Waals surface area contributed by atoms with Crippen LogP contribution in [0, 0.1) is 13.8 Å². The maximum atomic E-state index is 5.40. The number of ether oxygens (including phenoxy) is 1. The van der Waals surface area contributed by atoms with E-state index in [9.17, 15) is 0 Å². The van der Waals surface area contributed by atoms with E-state index in [0.29, 0.717) is 5.95 Å². The standard InChI is InChI=1S/C22H26N4O/c1-16-8-4-5-10-19(16)15-24-21-14-17(2)25-22(26-21)23-13-12-18-9-6-7-11-20(18)27-3/h4-11,14H,12-13,15H2,1-3H3,(H2,23,24,25,26). The molecule has 140 valence electrons. The van der Waals surface area contributed by atoms with Crippen LogP contribution in [0.5, 0.6) is 5.75 Å². The molecule has 1 aromatic heterocycles. The second-order valence-electron chi connectivity index (χ2n) is 6.49. The first-order valence-electron chi connectivity index (χ1n) is 9.15. The Kier molecular flexibility index (Phi) is 6.26. The second-order valence-corrected chi connectivity index (χ2v) is 6.49. The maximum Gasteiger partial charge on any atom is 0.224 e. The molecule has 0 aliphatic rings. The van der Waals surface area contributed by atoms with Crippen molar-refractivity contribution in [3.8, 4) is 5.75 Å². The van der Waals surface area contributed by atoms with Gasteiger partial charge in [0.05, 0.1) is 7.11 Å². The summed E-state index contributed by atoms with van der Waals surface area (Å²) in [5.74, 6) is 2.37. The van der Waals surface area contributed by atoms with E-state index in [1.54, 1.807) is 7.11 Å². The number of methoxy groups -OCH3 is 1. The van der Waals surface area contributed by atoms with Crippen molar-refractivity contribution in [3.63, 3.8) is 0 Å². The lowest BCUT2D eigenvalue weighted by molar-refractivity contribution is 0.410. The Hall–Kier alpha value is -3.08. The van der Waals surface area contributed by atoms with E-state index in [-0.39, 0.29) is 0 Å². The van der Waals surface area contributed by atoms with Gasteiger partial charge in [-0.2, -0.15) is 4.98 Å². The van der Waals surface area contributed by atoms with Gasteiger partial charge in [0.1, 0.15) is 11.6 Å². The zero-order valence-corrected chi connectivity index (χ0v) is 16.1. The number of hydrogen-bond acceptors (Lipinski definition) is 5. The highest BCUT2D eigenvalue weighted by molar-refractivity contribution is 5.43. The summed E-state index contributed by atoms with van der Waals surface area (Å²) in [7, 11) is 1.70. The molecule has 0 saturated heterocycles. The fraction of sp³-hybridized carbons (Fsp3) is 0.273. The highest BCUT2D eigenvalue weighted by atomic mass is 16.5. The van der Waals surface area contributed by atoms with Gasteiger partial charge in [-0.1, -0.05) is 42.5 Å². The molecule has 5 heteroatoms. The molecule has 3 rings (SSSR count). The number of rotatable bonds is 8. The summed E-state index contributed by atoms with van der Waals surface area (Å²) in [4.78, 5) is 9.07. The number of benzene rings is 2. The SMILES string of the molecule is COc1ccccc1CCNc1nc(C)cc(NCc2ccccc2C)n1. The number of anilines is 2. The van der Waals surface area contributed by atoms with Crippen molar-refractivity contribution in [1.82, 2.24) is 9.97 Å². The molecule has 0 radical (unpaired) electrons. The maximum absolute atomic E-state index is 5.40. The molecule has 0 saturated carbocycles. The molecule has 0 aliphatic heterocycles. The lowest BCUT2D eigenvalue weighted by Crippen LogP contribution is -2.11. The zero-order valence-electron chi connectivity index (χ0n) is 16.1. The summed E-state index contributed by atoms with van der Waals surface area (Å²) in [5.41, 5.74) is 4.63. The van der Waals surface area contributed by atoms with Crippen LogP contribution < -0.4 is 15.4 Å². The summed E-state index contributed by atoms with van der Waals surface area (Å²) < 4.78 is 5.40. The van der Waals surface area contributed by atoms with Gasteiger partial charge in [-0.15, -0.1) is 0 Å².